The predicted molar refractivity (Wildman–Crippen MR) is 137 cm³/mol. The number of nitrogens with one attached hydrogen (secondary N) is 1. The van der Waals surface area contributed by atoms with Crippen LogP contribution in [-0.2, 0) is 11.8 Å². The van der Waals surface area contributed by atoms with Crippen LogP contribution < -0.4 is 0 Å². The number of halogens is 3. The van der Waals surface area contributed by atoms with Crippen molar-refractivity contribution in [2.24, 2.45) is 0 Å². The monoisotopic (exact) mass is 514 g/mol. The Morgan fingerprint density at radius 2 is 1.76 bits per heavy atom. The third-order valence-corrected chi connectivity index (χ3v) is 6.28. The first-order valence-electron chi connectivity index (χ1n) is 12.7. The number of aliphatic hydroxyl groups is 1. The van der Waals surface area contributed by atoms with Gasteiger partial charge >= 0.3 is 6.18 Å². The summed E-state index contributed by atoms with van der Waals surface area (Å²) in [5.74, 6) is 0.374. The molecule has 0 unspecified atom stereocenters. The second-order valence-electron chi connectivity index (χ2n) is 10.0. The van der Waals surface area contributed by atoms with E-state index in [-0.39, 0.29) is 17.3 Å². The quantitative estimate of drug-likeness (QED) is 0.304. The molecular weight excluding hydrogens is 481 g/mol. The van der Waals surface area contributed by atoms with Crippen molar-refractivity contribution in [1.82, 2.24) is 29.9 Å². The Hall–Kier alpha value is -3.27. The van der Waals surface area contributed by atoms with Crippen molar-refractivity contribution in [1.29, 1.82) is 0 Å². The second-order valence-corrected chi connectivity index (χ2v) is 10.0. The van der Waals surface area contributed by atoms with Crippen molar-refractivity contribution >= 4 is 10.9 Å². The fourth-order valence-electron chi connectivity index (χ4n) is 4.54. The lowest BCUT2D eigenvalue weighted by Gasteiger charge is -2.21. The van der Waals surface area contributed by atoms with Gasteiger partial charge in [-0.2, -0.15) is 23.4 Å². The predicted octanol–water partition coefficient (Wildman–Crippen LogP) is 7.05. The summed E-state index contributed by atoms with van der Waals surface area (Å²) in [7, 11) is 0. The molecule has 1 fully saturated rings. The highest BCUT2D eigenvalue weighted by atomic mass is 19.4. The maximum atomic E-state index is 13.1. The van der Waals surface area contributed by atoms with E-state index in [1.807, 2.05) is 23.0 Å². The molecule has 1 saturated carbocycles. The molecule has 7 nitrogen and oxygen atoms in total. The first kappa shape index (κ1) is 26.8. The van der Waals surface area contributed by atoms with Crippen LogP contribution in [0.25, 0.3) is 33.8 Å². The molecule has 0 saturated heterocycles. The molecular formula is C27H33F3N6O. The Kier molecular flexibility index (Phi) is 7.68. The zero-order valence-electron chi connectivity index (χ0n) is 21.6. The van der Waals surface area contributed by atoms with Gasteiger partial charge in [-0.25, -0.2) is 9.97 Å². The molecule has 5 rings (SSSR count). The summed E-state index contributed by atoms with van der Waals surface area (Å²) in [6.07, 6.45) is 4.50. The number of aromatic nitrogens is 6. The standard InChI is InChI=1S/C24H25F3N6O.C3H8/c1-23(2,34)17-12-19-14(13-33(32-19)15-7-4-3-5-8-15)11-16(17)21-29-22(31-30-21)18-9-6-10-20(28-18)24(25,26)27;1-3-2/h6,9-13,15,34H,3-5,7-8H2,1-2H3,(H,29,30,31);3H2,1-2H3. The van der Waals surface area contributed by atoms with Gasteiger partial charge in [0, 0.05) is 17.1 Å². The Morgan fingerprint density at radius 3 is 2.41 bits per heavy atom. The average molecular weight is 515 g/mol. The molecule has 1 aliphatic carbocycles. The van der Waals surface area contributed by atoms with Crippen LogP contribution in [0.2, 0.25) is 0 Å². The number of nitrogens with zero attached hydrogens (tertiary/aromatic N) is 5. The van der Waals surface area contributed by atoms with Gasteiger partial charge in [-0.15, -0.1) is 0 Å². The maximum absolute atomic E-state index is 13.1. The highest BCUT2D eigenvalue weighted by Gasteiger charge is 2.33. The Bertz CT molecular complexity index is 1350. The van der Waals surface area contributed by atoms with E-state index in [2.05, 4.69) is 34.0 Å². The van der Waals surface area contributed by atoms with Gasteiger partial charge in [0.1, 0.15) is 11.4 Å². The summed E-state index contributed by atoms with van der Waals surface area (Å²) in [6.45, 7) is 7.58. The minimum Gasteiger partial charge on any atom is -0.386 e. The topological polar surface area (TPSA) is 92.5 Å². The van der Waals surface area contributed by atoms with E-state index in [9.17, 15) is 18.3 Å². The van der Waals surface area contributed by atoms with Crippen molar-refractivity contribution in [2.75, 3.05) is 0 Å². The fourth-order valence-corrected chi connectivity index (χ4v) is 4.54. The van der Waals surface area contributed by atoms with E-state index in [1.54, 1.807) is 13.8 Å². The molecule has 0 atom stereocenters. The minimum atomic E-state index is -4.56. The Balaban J connectivity index is 0.00000102. The molecule has 0 amide bonds. The number of pyridine rings is 1. The zero-order valence-corrected chi connectivity index (χ0v) is 21.6. The summed E-state index contributed by atoms with van der Waals surface area (Å²) >= 11 is 0. The molecule has 3 heterocycles. The van der Waals surface area contributed by atoms with Crippen molar-refractivity contribution in [2.45, 2.75) is 84.0 Å². The Labute approximate surface area is 214 Å². The molecule has 0 radical (unpaired) electrons. The van der Waals surface area contributed by atoms with Gasteiger partial charge in [0.2, 0.25) is 0 Å². The normalized spacial score (nSPS) is 15.0. The van der Waals surface area contributed by atoms with Crippen LogP contribution in [0.5, 0.6) is 0 Å². The molecule has 37 heavy (non-hydrogen) atoms. The van der Waals surface area contributed by atoms with Crippen molar-refractivity contribution in [3.05, 3.63) is 47.8 Å². The van der Waals surface area contributed by atoms with Gasteiger partial charge in [-0.3, -0.25) is 9.78 Å². The number of hydrogen-bond donors (Lipinski definition) is 2. The fraction of sp³-hybridized carbons (Fsp3) is 0.481. The van der Waals surface area contributed by atoms with Crippen LogP contribution in [0.15, 0.2) is 36.5 Å². The van der Waals surface area contributed by atoms with Gasteiger partial charge in [-0.1, -0.05) is 45.6 Å². The van der Waals surface area contributed by atoms with Crippen LogP contribution in [0, 0.1) is 0 Å². The number of rotatable bonds is 4. The summed E-state index contributed by atoms with van der Waals surface area (Å²) in [4.78, 5) is 8.09. The highest BCUT2D eigenvalue weighted by Crippen LogP contribution is 2.36. The van der Waals surface area contributed by atoms with Crippen molar-refractivity contribution in [3.8, 4) is 22.9 Å². The van der Waals surface area contributed by atoms with E-state index >= 15 is 0 Å². The number of aromatic amines is 1. The number of benzene rings is 1. The zero-order chi connectivity index (χ0) is 26.8. The van der Waals surface area contributed by atoms with Crippen LogP contribution in [0.3, 0.4) is 0 Å². The lowest BCUT2D eigenvalue weighted by molar-refractivity contribution is -0.141. The average Bonchev–Trinajstić information content (AvgIpc) is 3.51. The lowest BCUT2D eigenvalue weighted by atomic mass is 9.91. The van der Waals surface area contributed by atoms with Crippen molar-refractivity contribution in [3.63, 3.8) is 0 Å². The van der Waals surface area contributed by atoms with E-state index < -0.39 is 17.5 Å². The number of H-pyrrole nitrogens is 1. The van der Waals surface area contributed by atoms with Crippen LogP contribution >= 0.6 is 0 Å². The van der Waals surface area contributed by atoms with Gasteiger partial charge < -0.3 is 5.11 Å². The first-order chi connectivity index (χ1) is 17.5. The smallest absolute Gasteiger partial charge is 0.386 e. The molecule has 0 spiro atoms. The molecule has 1 aliphatic rings. The molecule has 10 heteroatoms. The lowest BCUT2D eigenvalue weighted by Crippen LogP contribution is -2.17. The highest BCUT2D eigenvalue weighted by molar-refractivity contribution is 5.85. The van der Waals surface area contributed by atoms with Crippen LogP contribution in [0.1, 0.15) is 83.5 Å². The van der Waals surface area contributed by atoms with E-state index in [0.717, 1.165) is 29.8 Å². The second kappa shape index (κ2) is 10.6. The molecule has 1 aromatic carbocycles. The molecule has 4 aromatic rings. The molecule has 0 bridgehead atoms. The van der Waals surface area contributed by atoms with E-state index in [4.69, 9.17) is 5.10 Å². The van der Waals surface area contributed by atoms with Gasteiger partial charge in [0.25, 0.3) is 0 Å². The molecule has 0 aliphatic heterocycles. The minimum absolute atomic E-state index is 0.0320. The van der Waals surface area contributed by atoms with Gasteiger partial charge in [-0.05, 0) is 56.5 Å². The molecule has 3 aromatic heterocycles. The third kappa shape index (κ3) is 6.01. The largest absolute Gasteiger partial charge is 0.433 e. The first-order valence-corrected chi connectivity index (χ1v) is 12.7. The van der Waals surface area contributed by atoms with E-state index in [0.29, 0.717) is 17.2 Å². The maximum Gasteiger partial charge on any atom is 0.433 e. The van der Waals surface area contributed by atoms with Gasteiger partial charge in [0.05, 0.1) is 17.2 Å². The molecule has 2 N–H and O–H groups in total. The number of hydrogen-bond acceptors (Lipinski definition) is 5. The third-order valence-electron chi connectivity index (χ3n) is 6.28. The van der Waals surface area contributed by atoms with Crippen LogP contribution in [-0.4, -0.2) is 35.1 Å². The summed E-state index contributed by atoms with van der Waals surface area (Å²) in [6, 6.07) is 7.70. The summed E-state index contributed by atoms with van der Waals surface area (Å²) in [5.41, 5.74) is -0.259. The molecule has 198 valence electrons. The summed E-state index contributed by atoms with van der Waals surface area (Å²) < 4.78 is 41.2. The van der Waals surface area contributed by atoms with E-state index in [1.165, 1.54) is 37.8 Å². The van der Waals surface area contributed by atoms with Crippen molar-refractivity contribution < 1.29 is 18.3 Å². The SMILES string of the molecule is CC(C)(O)c1cc2nn(C3CCCCC3)cc2cc1-c1n[nH]c(-c2cccc(C(F)(F)F)n2)n1.CCC. The number of fused-ring (bicyclic) bond motifs is 1. The van der Waals surface area contributed by atoms with Crippen LogP contribution in [0.4, 0.5) is 13.2 Å². The van der Waals surface area contributed by atoms with Gasteiger partial charge in [0.15, 0.2) is 11.6 Å². The summed E-state index contributed by atoms with van der Waals surface area (Å²) in [5, 5.41) is 23.4. The number of alkyl halides is 3. The Morgan fingerprint density at radius 1 is 1.05 bits per heavy atom.